The van der Waals surface area contributed by atoms with Crippen molar-refractivity contribution < 1.29 is 23.9 Å². The predicted molar refractivity (Wildman–Crippen MR) is 102 cm³/mol. The number of esters is 1. The number of ether oxygens (including phenoxy) is 2. The number of aryl methyl sites for hydroxylation is 1. The fourth-order valence-electron chi connectivity index (χ4n) is 2.95. The second-order valence-electron chi connectivity index (χ2n) is 6.78. The van der Waals surface area contributed by atoms with E-state index in [1.165, 1.54) is 13.8 Å². The van der Waals surface area contributed by atoms with Crippen LogP contribution in [0.3, 0.4) is 0 Å². The van der Waals surface area contributed by atoms with E-state index < -0.39 is 12.1 Å². The summed E-state index contributed by atoms with van der Waals surface area (Å²) in [6.07, 6.45) is -0.950. The van der Waals surface area contributed by atoms with Crippen molar-refractivity contribution in [1.29, 1.82) is 0 Å². The largest absolute Gasteiger partial charge is 0.491 e. The molecule has 0 bridgehead atoms. The molecule has 0 aliphatic rings. The zero-order valence-electron chi connectivity index (χ0n) is 16.5. The van der Waals surface area contributed by atoms with Crippen LogP contribution in [0.1, 0.15) is 70.2 Å². The number of H-pyrrole nitrogens is 1. The van der Waals surface area contributed by atoms with Gasteiger partial charge in [0.15, 0.2) is 11.9 Å². The van der Waals surface area contributed by atoms with Crippen LogP contribution in [0.15, 0.2) is 24.3 Å². The average molecular weight is 371 g/mol. The first kappa shape index (κ1) is 20.4. The van der Waals surface area contributed by atoms with Crippen LogP contribution in [0.5, 0.6) is 5.75 Å². The second kappa shape index (κ2) is 8.20. The normalized spacial score (nSPS) is 12.0. The van der Waals surface area contributed by atoms with Gasteiger partial charge in [-0.15, -0.1) is 0 Å². The van der Waals surface area contributed by atoms with Crippen LogP contribution >= 0.6 is 0 Å². The van der Waals surface area contributed by atoms with Crippen molar-refractivity contribution in [3.63, 3.8) is 0 Å². The molecule has 0 saturated heterocycles. The first-order valence-corrected chi connectivity index (χ1v) is 8.83. The first-order valence-electron chi connectivity index (χ1n) is 8.83. The molecule has 1 aromatic carbocycles. The Morgan fingerprint density at radius 3 is 2.07 bits per heavy atom. The van der Waals surface area contributed by atoms with Crippen molar-refractivity contribution in [2.24, 2.45) is 0 Å². The highest BCUT2D eigenvalue weighted by atomic mass is 16.5. The summed E-state index contributed by atoms with van der Waals surface area (Å²) in [6.45, 7) is 10.2. The number of benzene rings is 1. The predicted octanol–water partition coefficient (Wildman–Crippen LogP) is 4.05. The van der Waals surface area contributed by atoms with Crippen molar-refractivity contribution >= 4 is 17.5 Å². The van der Waals surface area contributed by atoms with E-state index in [0.29, 0.717) is 33.8 Å². The molecule has 0 saturated carbocycles. The highest BCUT2D eigenvalue weighted by molar-refractivity contribution is 6.05. The molecule has 6 heteroatoms. The van der Waals surface area contributed by atoms with Crippen LogP contribution in [0, 0.1) is 13.8 Å². The number of hydrogen-bond donors (Lipinski definition) is 1. The van der Waals surface area contributed by atoms with Crippen molar-refractivity contribution in [2.75, 3.05) is 0 Å². The summed E-state index contributed by atoms with van der Waals surface area (Å²) < 4.78 is 10.8. The lowest BCUT2D eigenvalue weighted by atomic mass is 10.0. The summed E-state index contributed by atoms with van der Waals surface area (Å²) in [4.78, 5) is 39.6. The van der Waals surface area contributed by atoms with Gasteiger partial charge in [-0.25, -0.2) is 4.79 Å². The Morgan fingerprint density at radius 2 is 1.59 bits per heavy atom. The molecule has 144 valence electrons. The highest BCUT2D eigenvalue weighted by Crippen LogP contribution is 2.21. The molecular weight excluding hydrogens is 346 g/mol. The fraction of sp³-hybridized carbons (Fsp3) is 0.381. The molecule has 0 aliphatic carbocycles. The quantitative estimate of drug-likeness (QED) is 0.586. The molecule has 0 amide bonds. The van der Waals surface area contributed by atoms with E-state index in [9.17, 15) is 14.4 Å². The first-order chi connectivity index (χ1) is 12.6. The number of ketones is 2. The molecular formula is C21H25NO5. The number of nitrogens with one attached hydrogen (secondary N) is 1. The Bertz CT molecular complexity index is 861. The summed E-state index contributed by atoms with van der Waals surface area (Å²) in [5.41, 5.74) is 2.32. The van der Waals surface area contributed by atoms with E-state index >= 15 is 0 Å². The lowest BCUT2D eigenvalue weighted by Crippen LogP contribution is -2.25. The van der Waals surface area contributed by atoms with Gasteiger partial charge in [-0.2, -0.15) is 0 Å². The minimum atomic E-state index is -0.986. The molecule has 0 aliphatic heterocycles. The van der Waals surface area contributed by atoms with E-state index in [4.69, 9.17) is 9.47 Å². The maximum absolute atomic E-state index is 12.7. The Hall–Kier alpha value is -2.89. The SMILES string of the molecule is CC(=O)c1c(C)[nH]c(C(=O)C(C)OC(=O)c2ccc(OC(C)C)cc2)c1C. The summed E-state index contributed by atoms with van der Waals surface area (Å²) in [5.74, 6) is -0.440. The summed E-state index contributed by atoms with van der Waals surface area (Å²) in [7, 11) is 0. The van der Waals surface area contributed by atoms with Crippen LogP contribution < -0.4 is 4.74 Å². The number of Topliss-reactive ketones (excluding diaryl/α,β-unsaturated/α-hetero) is 2. The molecule has 0 radical (unpaired) electrons. The van der Waals surface area contributed by atoms with Gasteiger partial charge < -0.3 is 14.5 Å². The highest BCUT2D eigenvalue weighted by Gasteiger charge is 2.26. The lowest BCUT2D eigenvalue weighted by molar-refractivity contribution is 0.0317. The molecule has 2 rings (SSSR count). The van der Waals surface area contributed by atoms with Crippen LogP contribution in [0.2, 0.25) is 0 Å². The molecule has 1 N–H and O–H groups in total. The topological polar surface area (TPSA) is 85.5 Å². The van der Waals surface area contributed by atoms with Crippen molar-refractivity contribution in [2.45, 2.75) is 53.8 Å². The van der Waals surface area contributed by atoms with Gasteiger partial charge in [0.05, 0.1) is 17.4 Å². The molecule has 1 heterocycles. The fourth-order valence-corrected chi connectivity index (χ4v) is 2.95. The maximum Gasteiger partial charge on any atom is 0.338 e. The third-order valence-electron chi connectivity index (χ3n) is 4.15. The number of carbonyl (C=O) groups excluding carboxylic acids is 3. The van der Waals surface area contributed by atoms with E-state index in [0.717, 1.165) is 0 Å². The number of rotatable bonds is 7. The number of aromatic nitrogens is 1. The zero-order chi connectivity index (χ0) is 20.3. The maximum atomic E-state index is 12.7. The second-order valence-corrected chi connectivity index (χ2v) is 6.78. The Labute approximate surface area is 158 Å². The summed E-state index contributed by atoms with van der Waals surface area (Å²) in [6, 6.07) is 6.55. The zero-order valence-corrected chi connectivity index (χ0v) is 16.5. The number of hydrogen-bond acceptors (Lipinski definition) is 5. The smallest absolute Gasteiger partial charge is 0.338 e. The van der Waals surface area contributed by atoms with Crippen LogP contribution in [-0.2, 0) is 4.74 Å². The van der Waals surface area contributed by atoms with E-state index in [1.807, 2.05) is 13.8 Å². The Kier molecular flexibility index (Phi) is 6.20. The van der Waals surface area contributed by atoms with Gasteiger partial charge >= 0.3 is 5.97 Å². The third-order valence-corrected chi connectivity index (χ3v) is 4.15. The van der Waals surface area contributed by atoms with Gasteiger partial charge in [-0.1, -0.05) is 0 Å². The molecule has 6 nitrogen and oxygen atoms in total. The standard InChI is InChI=1S/C21H25NO5/c1-11(2)26-17-9-7-16(8-10-17)21(25)27-15(6)20(24)19-12(3)18(14(5)23)13(4)22-19/h7-11,15,22H,1-6H3. The minimum Gasteiger partial charge on any atom is -0.491 e. The van der Waals surface area contributed by atoms with Crippen LogP contribution in [0.25, 0.3) is 0 Å². The lowest BCUT2D eigenvalue weighted by Gasteiger charge is -2.13. The molecule has 0 fully saturated rings. The molecule has 0 spiro atoms. The number of aromatic amines is 1. The van der Waals surface area contributed by atoms with Gasteiger partial charge in [0.1, 0.15) is 5.75 Å². The van der Waals surface area contributed by atoms with E-state index in [2.05, 4.69) is 4.98 Å². The Balaban J connectivity index is 2.11. The van der Waals surface area contributed by atoms with Gasteiger partial charge in [0.25, 0.3) is 0 Å². The van der Waals surface area contributed by atoms with Gasteiger partial charge in [0, 0.05) is 11.3 Å². The minimum absolute atomic E-state index is 0.0350. The van der Waals surface area contributed by atoms with Gasteiger partial charge in [-0.05, 0) is 71.4 Å². The van der Waals surface area contributed by atoms with Crippen molar-refractivity contribution in [3.8, 4) is 5.75 Å². The molecule has 1 unspecified atom stereocenters. The van der Waals surface area contributed by atoms with Crippen LogP contribution in [0.4, 0.5) is 0 Å². The van der Waals surface area contributed by atoms with Crippen molar-refractivity contribution in [1.82, 2.24) is 4.98 Å². The monoisotopic (exact) mass is 371 g/mol. The molecule has 2 aromatic rings. The van der Waals surface area contributed by atoms with Crippen LogP contribution in [-0.4, -0.2) is 34.7 Å². The Morgan fingerprint density at radius 1 is 1.00 bits per heavy atom. The van der Waals surface area contributed by atoms with E-state index in [1.54, 1.807) is 38.1 Å². The molecule has 1 aromatic heterocycles. The molecule has 1 atom stereocenters. The molecule has 27 heavy (non-hydrogen) atoms. The average Bonchev–Trinajstić information content (AvgIpc) is 2.88. The van der Waals surface area contributed by atoms with E-state index in [-0.39, 0.29) is 17.7 Å². The summed E-state index contributed by atoms with van der Waals surface area (Å²) in [5, 5.41) is 0. The summed E-state index contributed by atoms with van der Waals surface area (Å²) >= 11 is 0. The number of carbonyl (C=O) groups is 3. The van der Waals surface area contributed by atoms with Gasteiger partial charge in [0.2, 0.25) is 5.78 Å². The third kappa shape index (κ3) is 4.64. The van der Waals surface area contributed by atoms with Crippen molar-refractivity contribution in [3.05, 3.63) is 52.3 Å². The van der Waals surface area contributed by atoms with Gasteiger partial charge in [-0.3, -0.25) is 9.59 Å².